The second-order valence-electron chi connectivity index (χ2n) is 7.44. The molecule has 4 rings (SSSR count). The molecule has 1 aliphatic rings. The monoisotopic (exact) mass is 391 g/mol. The van der Waals surface area contributed by atoms with Crippen LogP contribution in [0, 0.1) is 0 Å². The topological polar surface area (TPSA) is 91.2 Å². The van der Waals surface area contributed by atoms with Crippen LogP contribution in [0.15, 0.2) is 49.1 Å². The van der Waals surface area contributed by atoms with Crippen LogP contribution in [0.5, 0.6) is 0 Å². The average molecular weight is 391 g/mol. The van der Waals surface area contributed by atoms with Crippen molar-refractivity contribution in [2.24, 2.45) is 0 Å². The number of hydrogen-bond acceptors (Lipinski definition) is 8. The maximum atomic E-state index is 9.82. The minimum absolute atomic E-state index is 0.215. The lowest BCUT2D eigenvalue weighted by Gasteiger charge is -2.45. The highest BCUT2D eigenvalue weighted by atomic mass is 16.3. The third-order valence-electron chi connectivity index (χ3n) is 5.10. The number of aromatic nitrogens is 5. The van der Waals surface area contributed by atoms with E-state index in [1.54, 1.807) is 31.7 Å². The van der Waals surface area contributed by atoms with E-state index in [1.807, 2.05) is 24.3 Å². The minimum Gasteiger partial charge on any atom is -0.385 e. The van der Waals surface area contributed by atoms with Gasteiger partial charge in [0.15, 0.2) is 11.6 Å². The van der Waals surface area contributed by atoms with E-state index in [0.717, 1.165) is 30.3 Å². The van der Waals surface area contributed by atoms with Gasteiger partial charge < -0.3 is 14.9 Å². The molecule has 8 nitrogen and oxygen atoms in total. The van der Waals surface area contributed by atoms with Crippen molar-refractivity contribution in [2.75, 3.05) is 22.9 Å². The van der Waals surface area contributed by atoms with E-state index in [2.05, 4.69) is 43.6 Å². The lowest BCUT2D eigenvalue weighted by atomic mass is 10.1. The van der Waals surface area contributed by atoms with E-state index in [-0.39, 0.29) is 12.1 Å². The third kappa shape index (κ3) is 4.02. The third-order valence-corrected chi connectivity index (χ3v) is 5.10. The van der Waals surface area contributed by atoms with Crippen molar-refractivity contribution < 1.29 is 5.11 Å². The Kier molecular flexibility index (Phi) is 5.35. The molecule has 29 heavy (non-hydrogen) atoms. The Hall–Kier alpha value is -3.13. The number of piperazine rings is 1. The highest BCUT2D eigenvalue weighted by Crippen LogP contribution is 2.27. The molecule has 3 aromatic rings. The zero-order valence-corrected chi connectivity index (χ0v) is 16.8. The van der Waals surface area contributed by atoms with Crippen LogP contribution in [0.25, 0.3) is 11.4 Å². The average Bonchev–Trinajstić information content (AvgIpc) is 2.74. The number of pyridine rings is 1. The largest absolute Gasteiger partial charge is 0.385 e. The number of aliphatic hydroxyl groups is 1. The first kappa shape index (κ1) is 19.2. The molecule has 4 heterocycles. The zero-order valence-electron chi connectivity index (χ0n) is 16.8. The van der Waals surface area contributed by atoms with Crippen molar-refractivity contribution in [2.45, 2.75) is 39.0 Å². The Morgan fingerprint density at radius 1 is 0.966 bits per heavy atom. The molecule has 0 radical (unpaired) electrons. The standard InChI is InChI=1S/C21H25N7O/c1-14-12-27(18-6-9-24-21(25-18)17-5-4-8-22-11-17)13-15(2)28(14)19-7-10-23-20(26-19)16(3)29/h4-11,14-16,29H,12-13H2,1-3H3. The molecule has 8 heteroatoms. The van der Waals surface area contributed by atoms with Crippen LogP contribution < -0.4 is 9.80 Å². The van der Waals surface area contributed by atoms with E-state index in [0.29, 0.717) is 11.6 Å². The smallest absolute Gasteiger partial charge is 0.163 e. The molecule has 1 fully saturated rings. The summed E-state index contributed by atoms with van der Waals surface area (Å²) in [6.45, 7) is 7.65. The summed E-state index contributed by atoms with van der Waals surface area (Å²) < 4.78 is 0. The summed E-state index contributed by atoms with van der Waals surface area (Å²) in [4.78, 5) is 26.6. The van der Waals surface area contributed by atoms with Gasteiger partial charge in [0.2, 0.25) is 0 Å². The Morgan fingerprint density at radius 3 is 2.38 bits per heavy atom. The van der Waals surface area contributed by atoms with Crippen molar-refractivity contribution in [1.29, 1.82) is 0 Å². The number of aliphatic hydroxyl groups excluding tert-OH is 1. The van der Waals surface area contributed by atoms with E-state index < -0.39 is 6.10 Å². The summed E-state index contributed by atoms with van der Waals surface area (Å²) in [6.07, 6.45) is 6.34. The first-order valence-electron chi connectivity index (χ1n) is 9.80. The van der Waals surface area contributed by atoms with Crippen LogP contribution in [-0.2, 0) is 0 Å². The fraction of sp³-hybridized carbons (Fsp3) is 0.381. The molecular weight excluding hydrogens is 366 g/mol. The van der Waals surface area contributed by atoms with Gasteiger partial charge in [-0.15, -0.1) is 0 Å². The molecule has 0 amide bonds. The van der Waals surface area contributed by atoms with E-state index in [1.165, 1.54) is 0 Å². The maximum Gasteiger partial charge on any atom is 0.163 e. The zero-order chi connectivity index (χ0) is 20.4. The van der Waals surface area contributed by atoms with Gasteiger partial charge >= 0.3 is 0 Å². The predicted molar refractivity (Wildman–Crippen MR) is 112 cm³/mol. The Bertz CT molecular complexity index is 954. The van der Waals surface area contributed by atoms with Gasteiger partial charge in [0, 0.05) is 55.5 Å². The lowest BCUT2D eigenvalue weighted by Crippen LogP contribution is -2.57. The highest BCUT2D eigenvalue weighted by Gasteiger charge is 2.31. The summed E-state index contributed by atoms with van der Waals surface area (Å²) in [7, 11) is 0. The molecule has 3 unspecified atom stereocenters. The molecule has 0 bridgehead atoms. The second-order valence-corrected chi connectivity index (χ2v) is 7.44. The lowest BCUT2D eigenvalue weighted by molar-refractivity contribution is 0.189. The van der Waals surface area contributed by atoms with Crippen LogP contribution in [0.1, 0.15) is 32.7 Å². The SMILES string of the molecule is CC(O)c1nccc(N2C(C)CN(c3ccnc(-c4cccnc4)n3)CC2C)n1. The van der Waals surface area contributed by atoms with Gasteiger partial charge in [0.05, 0.1) is 0 Å². The number of anilines is 2. The quantitative estimate of drug-likeness (QED) is 0.725. The second kappa shape index (κ2) is 8.08. The molecular formula is C21H25N7O. The molecule has 150 valence electrons. The maximum absolute atomic E-state index is 9.82. The minimum atomic E-state index is -0.686. The van der Waals surface area contributed by atoms with Gasteiger partial charge in [-0.05, 0) is 45.0 Å². The van der Waals surface area contributed by atoms with Crippen molar-refractivity contribution in [1.82, 2.24) is 24.9 Å². The predicted octanol–water partition coefficient (Wildman–Crippen LogP) is 2.49. The van der Waals surface area contributed by atoms with Gasteiger partial charge in [-0.2, -0.15) is 0 Å². The Labute approximate surface area is 170 Å². The number of nitrogens with zero attached hydrogens (tertiary/aromatic N) is 7. The Morgan fingerprint density at radius 2 is 1.69 bits per heavy atom. The molecule has 0 spiro atoms. The van der Waals surface area contributed by atoms with E-state index in [4.69, 9.17) is 4.98 Å². The molecule has 0 aliphatic carbocycles. The summed E-state index contributed by atoms with van der Waals surface area (Å²) in [5, 5.41) is 9.82. The van der Waals surface area contributed by atoms with Crippen LogP contribution in [0.4, 0.5) is 11.6 Å². The van der Waals surface area contributed by atoms with Crippen LogP contribution in [0.3, 0.4) is 0 Å². The molecule has 1 N–H and O–H groups in total. The van der Waals surface area contributed by atoms with Crippen LogP contribution in [-0.4, -0.2) is 55.2 Å². The fourth-order valence-electron chi connectivity index (χ4n) is 3.83. The highest BCUT2D eigenvalue weighted by molar-refractivity contribution is 5.56. The molecule has 0 saturated carbocycles. The normalized spacial score (nSPS) is 20.6. The first-order valence-corrected chi connectivity index (χ1v) is 9.80. The van der Waals surface area contributed by atoms with Crippen LogP contribution >= 0.6 is 0 Å². The summed E-state index contributed by atoms with van der Waals surface area (Å²) in [5.41, 5.74) is 0.903. The van der Waals surface area contributed by atoms with Gasteiger partial charge in [-0.1, -0.05) is 0 Å². The van der Waals surface area contributed by atoms with E-state index >= 15 is 0 Å². The molecule has 3 aromatic heterocycles. The van der Waals surface area contributed by atoms with Crippen molar-refractivity contribution in [3.05, 3.63) is 54.9 Å². The molecule has 3 atom stereocenters. The molecule has 1 saturated heterocycles. The van der Waals surface area contributed by atoms with Gasteiger partial charge in [0.1, 0.15) is 17.7 Å². The van der Waals surface area contributed by atoms with Crippen LogP contribution in [0.2, 0.25) is 0 Å². The summed E-state index contributed by atoms with van der Waals surface area (Å²) >= 11 is 0. The van der Waals surface area contributed by atoms with Gasteiger partial charge in [0.25, 0.3) is 0 Å². The van der Waals surface area contributed by atoms with Crippen molar-refractivity contribution in [3.8, 4) is 11.4 Å². The molecule has 0 aromatic carbocycles. The van der Waals surface area contributed by atoms with E-state index in [9.17, 15) is 5.11 Å². The van der Waals surface area contributed by atoms with Crippen molar-refractivity contribution in [3.63, 3.8) is 0 Å². The first-order chi connectivity index (χ1) is 14.0. The van der Waals surface area contributed by atoms with Gasteiger partial charge in [-0.3, -0.25) is 4.98 Å². The summed E-state index contributed by atoms with van der Waals surface area (Å²) in [6, 6.07) is 8.13. The fourth-order valence-corrected chi connectivity index (χ4v) is 3.83. The number of rotatable bonds is 4. The number of hydrogen-bond donors (Lipinski definition) is 1. The van der Waals surface area contributed by atoms with Gasteiger partial charge in [-0.25, -0.2) is 19.9 Å². The Balaban J connectivity index is 1.56. The van der Waals surface area contributed by atoms with Crippen molar-refractivity contribution >= 4 is 11.6 Å². The molecule has 1 aliphatic heterocycles. The summed E-state index contributed by atoms with van der Waals surface area (Å²) in [5.74, 6) is 2.87.